The average molecular weight is 346 g/mol. The highest BCUT2D eigenvalue weighted by molar-refractivity contribution is 6.36. The second kappa shape index (κ2) is 6.30. The monoisotopic (exact) mass is 344 g/mol. The van der Waals surface area contributed by atoms with Gasteiger partial charge >= 0.3 is 0 Å². The van der Waals surface area contributed by atoms with Gasteiger partial charge in [0.1, 0.15) is 10.8 Å². The van der Waals surface area contributed by atoms with Crippen LogP contribution in [0.4, 0.5) is 11.4 Å². The summed E-state index contributed by atoms with van der Waals surface area (Å²) >= 11 is 17.5. The van der Waals surface area contributed by atoms with Crippen molar-refractivity contribution in [2.24, 2.45) is 4.99 Å². The van der Waals surface area contributed by atoms with Gasteiger partial charge in [-0.25, -0.2) is 0 Å². The molecule has 0 unspecified atom stereocenters. The normalized spacial score (nSPS) is 11.0. The third-order valence-electron chi connectivity index (χ3n) is 2.56. The number of nitrogens with zero attached hydrogens (tertiary/aromatic N) is 2. The Balaban J connectivity index is 2.43. The molecule has 0 radical (unpaired) electrons. The predicted molar refractivity (Wildman–Crippen MR) is 83.5 cm³/mol. The van der Waals surface area contributed by atoms with E-state index < -0.39 is 4.92 Å². The Morgan fingerprint density at radius 3 is 2.62 bits per heavy atom. The van der Waals surface area contributed by atoms with E-state index in [2.05, 4.69) is 4.99 Å². The van der Waals surface area contributed by atoms with Crippen LogP contribution in [0.3, 0.4) is 0 Å². The molecule has 0 saturated carbocycles. The highest BCUT2D eigenvalue weighted by atomic mass is 35.5. The molecule has 2 rings (SSSR count). The number of phenols is 1. The van der Waals surface area contributed by atoms with Gasteiger partial charge in [-0.1, -0.05) is 40.9 Å². The summed E-state index contributed by atoms with van der Waals surface area (Å²) in [6.45, 7) is 0. The maximum Gasteiger partial charge on any atom is 0.290 e. The van der Waals surface area contributed by atoms with E-state index in [0.717, 1.165) is 0 Å². The topological polar surface area (TPSA) is 75.7 Å². The van der Waals surface area contributed by atoms with E-state index in [1.165, 1.54) is 36.5 Å². The fourth-order valence-electron chi connectivity index (χ4n) is 1.57. The first-order valence-electron chi connectivity index (χ1n) is 5.55. The van der Waals surface area contributed by atoms with Crippen molar-refractivity contribution in [2.75, 3.05) is 0 Å². The molecule has 0 bridgehead atoms. The van der Waals surface area contributed by atoms with E-state index in [4.69, 9.17) is 34.8 Å². The van der Waals surface area contributed by atoms with Crippen LogP contribution in [0.15, 0.2) is 35.3 Å². The molecule has 0 saturated heterocycles. The summed E-state index contributed by atoms with van der Waals surface area (Å²) < 4.78 is 0. The molecule has 1 N–H and O–H groups in total. The number of nitro groups is 1. The van der Waals surface area contributed by atoms with Gasteiger partial charge in [0, 0.05) is 22.9 Å². The van der Waals surface area contributed by atoms with Crippen molar-refractivity contribution in [3.05, 3.63) is 61.1 Å². The average Bonchev–Trinajstić information content (AvgIpc) is 2.42. The Morgan fingerprint density at radius 2 is 1.95 bits per heavy atom. The second-order valence-electron chi connectivity index (χ2n) is 3.95. The maximum atomic E-state index is 10.8. The van der Waals surface area contributed by atoms with Gasteiger partial charge in [0.15, 0.2) is 0 Å². The van der Waals surface area contributed by atoms with Gasteiger partial charge in [-0.15, -0.1) is 0 Å². The van der Waals surface area contributed by atoms with Crippen molar-refractivity contribution in [3.63, 3.8) is 0 Å². The number of phenolic OH excluding ortho intramolecular Hbond substituents is 1. The molecule has 0 fully saturated rings. The van der Waals surface area contributed by atoms with Crippen LogP contribution < -0.4 is 0 Å². The molecule has 0 aliphatic heterocycles. The fraction of sp³-hybridized carbons (Fsp3) is 0. The first kappa shape index (κ1) is 15.6. The first-order valence-corrected chi connectivity index (χ1v) is 6.68. The number of nitro benzene ring substituents is 1. The highest BCUT2D eigenvalue weighted by Gasteiger charge is 2.14. The number of aliphatic imine (C=N–C) groups is 1. The van der Waals surface area contributed by atoms with Crippen LogP contribution in [0.2, 0.25) is 15.1 Å². The molecular weight excluding hydrogens is 339 g/mol. The van der Waals surface area contributed by atoms with Gasteiger partial charge in [-0.2, -0.15) is 0 Å². The molecule has 5 nitrogen and oxygen atoms in total. The first-order chi connectivity index (χ1) is 9.90. The number of hydrogen-bond donors (Lipinski definition) is 1. The summed E-state index contributed by atoms with van der Waals surface area (Å²) in [6, 6.07) is 7.08. The van der Waals surface area contributed by atoms with E-state index in [-0.39, 0.29) is 32.7 Å². The molecule has 21 heavy (non-hydrogen) atoms. The minimum atomic E-state index is -0.602. The summed E-state index contributed by atoms with van der Waals surface area (Å²) in [7, 11) is 0. The SMILES string of the molecule is O=[N+]([O-])c1cccc(/N=C/c2cc(Cl)cc(Cl)c2O)c1Cl. The Hall–Kier alpha value is -1.82. The quantitative estimate of drug-likeness (QED) is 0.482. The van der Waals surface area contributed by atoms with Crippen molar-refractivity contribution in [1.29, 1.82) is 0 Å². The molecule has 0 aromatic heterocycles. The van der Waals surface area contributed by atoms with Crippen LogP contribution in [-0.4, -0.2) is 16.2 Å². The number of halogens is 3. The lowest BCUT2D eigenvalue weighted by Crippen LogP contribution is -1.89. The molecule has 2 aromatic rings. The largest absolute Gasteiger partial charge is 0.506 e. The number of rotatable bonds is 3. The minimum absolute atomic E-state index is 0.0779. The van der Waals surface area contributed by atoms with Crippen molar-refractivity contribution in [1.82, 2.24) is 0 Å². The Kier molecular flexibility index (Phi) is 4.67. The number of benzene rings is 2. The van der Waals surface area contributed by atoms with Gasteiger partial charge < -0.3 is 5.11 Å². The molecule has 0 atom stereocenters. The highest BCUT2D eigenvalue weighted by Crippen LogP contribution is 2.34. The zero-order valence-corrected chi connectivity index (χ0v) is 12.5. The van der Waals surface area contributed by atoms with Crippen molar-refractivity contribution >= 4 is 52.4 Å². The second-order valence-corrected chi connectivity index (χ2v) is 5.17. The molecule has 0 heterocycles. The number of hydrogen-bond acceptors (Lipinski definition) is 4. The Bertz CT molecular complexity index is 748. The van der Waals surface area contributed by atoms with E-state index in [0.29, 0.717) is 5.02 Å². The summed E-state index contributed by atoms with van der Waals surface area (Å²) in [6.07, 6.45) is 1.28. The summed E-state index contributed by atoms with van der Waals surface area (Å²) in [5, 5.41) is 20.9. The molecular formula is C13H7Cl3N2O3. The van der Waals surface area contributed by atoms with Crippen LogP contribution in [0.5, 0.6) is 5.75 Å². The van der Waals surface area contributed by atoms with Crippen LogP contribution in [0.25, 0.3) is 0 Å². The summed E-state index contributed by atoms with van der Waals surface area (Å²) in [4.78, 5) is 14.2. The molecule has 0 spiro atoms. The van der Waals surface area contributed by atoms with Gasteiger partial charge in [0.25, 0.3) is 5.69 Å². The van der Waals surface area contributed by atoms with E-state index >= 15 is 0 Å². The lowest BCUT2D eigenvalue weighted by atomic mass is 10.2. The number of aromatic hydroxyl groups is 1. The van der Waals surface area contributed by atoms with Gasteiger partial charge in [-0.3, -0.25) is 15.1 Å². The van der Waals surface area contributed by atoms with E-state index in [1.54, 1.807) is 0 Å². The predicted octanol–water partition coefficient (Wildman–Crippen LogP) is 5.01. The standard InChI is InChI=1S/C13H7Cl3N2O3/c14-8-4-7(13(19)9(15)5-8)6-17-10-2-1-3-11(12(10)16)18(20)21/h1-6,19H/b17-6+. The lowest BCUT2D eigenvalue weighted by Gasteiger charge is -2.03. The Morgan fingerprint density at radius 1 is 1.24 bits per heavy atom. The molecule has 0 amide bonds. The molecule has 0 aliphatic carbocycles. The van der Waals surface area contributed by atoms with Crippen molar-refractivity contribution in [2.45, 2.75) is 0 Å². The molecule has 2 aromatic carbocycles. The molecule has 108 valence electrons. The Labute approximate surface area is 134 Å². The smallest absolute Gasteiger partial charge is 0.290 e. The van der Waals surface area contributed by atoms with E-state index in [9.17, 15) is 15.2 Å². The fourth-order valence-corrected chi connectivity index (χ4v) is 2.32. The zero-order chi connectivity index (χ0) is 15.6. The van der Waals surface area contributed by atoms with Crippen molar-refractivity contribution < 1.29 is 10.0 Å². The molecule has 0 aliphatic rings. The van der Waals surface area contributed by atoms with Gasteiger partial charge in [-0.05, 0) is 18.2 Å². The van der Waals surface area contributed by atoms with Crippen LogP contribution in [0.1, 0.15) is 5.56 Å². The van der Waals surface area contributed by atoms with Gasteiger partial charge in [0.05, 0.1) is 15.6 Å². The zero-order valence-electron chi connectivity index (χ0n) is 10.3. The summed E-state index contributed by atoms with van der Waals surface area (Å²) in [5.41, 5.74) is 0.219. The van der Waals surface area contributed by atoms with Crippen LogP contribution in [0, 0.1) is 10.1 Å². The third kappa shape index (κ3) is 3.44. The van der Waals surface area contributed by atoms with Gasteiger partial charge in [0.2, 0.25) is 0 Å². The van der Waals surface area contributed by atoms with Crippen LogP contribution >= 0.6 is 34.8 Å². The lowest BCUT2D eigenvalue weighted by molar-refractivity contribution is -0.384. The summed E-state index contributed by atoms with van der Waals surface area (Å²) in [5.74, 6) is -0.189. The minimum Gasteiger partial charge on any atom is -0.506 e. The van der Waals surface area contributed by atoms with Crippen molar-refractivity contribution in [3.8, 4) is 5.75 Å². The maximum absolute atomic E-state index is 10.8. The molecule has 8 heteroatoms. The third-order valence-corrected chi connectivity index (χ3v) is 3.45. The van der Waals surface area contributed by atoms with Crippen LogP contribution in [-0.2, 0) is 0 Å². The van der Waals surface area contributed by atoms with E-state index in [1.807, 2.05) is 0 Å².